The Morgan fingerprint density at radius 3 is 2.56 bits per heavy atom. The molecule has 1 amide bonds. The van der Waals surface area contributed by atoms with Crippen LogP contribution >= 0.6 is 0 Å². The van der Waals surface area contributed by atoms with E-state index in [-0.39, 0.29) is 17.1 Å². The van der Waals surface area contributed by atoms with Crippen LogP contribution in [0.3, 0.4) is 0 Å². The highest BCUT2D eigenvalue weighted by Gasteiger charge is 2.25. The number of carbonyl (C=O) groups excluding carboxylic acids is 1. The zero-order valence-electron chi connectivity index (χ0n) is 11.7. The van der Waals surface area contributed by atoms with Gasteiger partial charge in [0.1, 0.15) is 5.82 Å². The van der Waals surface area contributed by atoms with Gasteiger partial charge < -0.3 is 10.6 Å². The topological polar surface area (TPSA) is 87.9 Å². The molecule has 0 bridgehead atoms. The summed E-state index contributed by atoms with van der Waals surface area (Å²) in [6, 6.07) is 0. The molecule has 0 saturated heterocycles. The lowest BCUT2D eigenvalue weighted by atomic mass is 9.93. The van der Waals surface area contributed by atoms with Gasteiger partial charge in [-0.3, -0.25) is 9.89 Å². The number of aromatic amines is 1. The van der Waals surface area contributed by atoms with Gasteiger partial charge >= 0.3 is 0 Å². The summed E-state index contributed by atoms with van der Waals surface area (Å²) >= 11 is 0. The molecule has 0 spiro atoms. The molecule has 0 radical (unpaired) electrons. The molecule has 6 heteroatoms. The number of rotatable bonds is 6. The fourth-order valence-electron chi connectivity index (χ4n) is 1.60. The monoisotopic (exact) mass is 253 g/mol. The maximum atomic E-state index is 12.2. The second-order valence-electron chi connectivity index (χ2n) is 5.15. The average molecular weight is 253 g/mol. The number of hydrogen-bond donors (Lipinski definition) is 2. The Hall–Kier alpha value is -1.43. The van der Waals surface area contributed by atoms with Gasteiger partial charge in [-0.05, 0) is 18.9 Å². The van der Waals surface area contributed by atoms with E-state index in [9.17, 15) is 4.79 Å². The number of aromatic nitrogens is 3. The van der Waals surface area contributed by atoms with Crippen molar-refractivity contribution in [2.45, 2.75) is 34.1 Å². The summed E-state index contributed by atoms with van der Waals surface area (Å²) in [5.41, 5.74) is 5.60. The molecule has 0 aromatic carbocycles. The van der Waals surface area contributed by atoms with Gasteiger partial charge in [0.15, 0.2) is 0 Å². The van der Waals surface area contributed by atoms with Crippen LogP contribution in [0, 0.1) is 5.41 Å². The number of nitrogens with one attached hydrogen (secondary N) is 1. The van der Waals surface area contributed by atoms with Gasteiger partial charge in [0.05, 0.1) is 0 Å². The van der Waals surface area contributed by atoms with E-state index in [0.29, 0.717) is 19.6 Å². The SMILES string of the molecule is CCc1nc(C(=O)N(CC)CC(C)(C)CN)n[nH]1. The van der Waals surface area contributed by atoms with E-state index >= 15 is 0 Å². The number of nitrogens with zero attached hydrogens (tertiary/aromatic N) is 3. The summed E-state index contributed by atoms with van der Waals surface area (Å²) in [6.07, 6.45) is 0.737. The lowest BCUT2D eigenvalue weighted by Gasteiger charge is -2.30. The molecule has 1 heterocycles. The van der Waals surface area contributed by atoms with Crippen molar-refractivity contribution in [1.29, 1.82) is 0 Å². The van der Waals surface area contributed by atoms with E-state index in [1.807, 2.05) is 27.7 Å². The number of hydrogen-bond acceptors (Lipinski definition) is 4. The first-order chi connectivity index (χ1) is 8.43. The average Bonchev–Trinajstić information content (AvgIpc) is 2.84. The third-order valence-corrected chi connectivity index (χ3v) is 2.90. The summed E-state index contributed by atoms with van der Waals surface area (Å²) in [7, 11) is 0. The van der Waals surface area contributed by atoms with E-state index in [1.165, 1.54) is 0 Å². The standard InChI is InChI=1S/C12H23N5O/c1-5-9-14-10(16-15-9)11(18)17(6-2)8-12(3,4)7-13/h5-8,13H2,1-4H3,(H,14,15,16). The molecule has 0 atom stereocenters. The number of carbonyl (C=O) groups is 1. The zero-order chi connectivity index (χ0) is 13.8. The predicted molar refractivity (Wildman–Crippen MR) is 70.2 cm³/mol. The Morgan fingerprint density at radius 1 is 1.44 bits per heavy atom. The van der Waals surface area contributed by atoms with Crippen molar-refractivity contribution in [3.63, 3.8) is 0 Å². The number of nitrogens with two attached hydrogens (primary N) is 1. The third kappa shape index (κ3) is 3.53. The largest absolute Gasteiger partial charge is 0.336 e. The quantitative estimate of drug-likeness (QED) is 0.785. The van der Waals surface area contributed by atoms with Crippen LogP contribution in [0.15, 0.2) is 0 Å². The van der Waals surface area contributed by atoms with Gasteiger partial charge in [-0.2, -0.15) is 0 Å². The van der Waals surface area contributed by atoms with Gasteiger partial charge in [0.2, 0.25) is 5.82 Å². The Kier molecular flexibility index (Phi) is 4.84. The molecule has 1 aromatic heterocycles. The second kappa shape index (κ2) is 5.95. The molecule has 0 unspecified atom stereocenters. The minimum atomic E-state index is -0.144. The minimum absolute atomic E-state index is 0.102. The van der Waals surface area contributed by atoms with Gasteiger partial charge in [0.25, 0.3) is 5.91 Å². The molecule has 3 N–H and O–H groups in total. The van der Waals surface area contributed by atoms with E-state index < -0.39 is 0 Å². The van der Waals surface area contributed by atoms with Crippen molar-refractivity contribution in [1.82, 2.24) is 20.1 Å². The molecule has 102 valence electrons. The highest BCUT2D eigenvalue weighted by Crippen LogP contribution is 2.15. The van der Waals surface area contributed by atoms with E-state index in [1.54, 1.807) is 4.90 Å². The van der Waals surface area contributed by atoms with Crippen LogP contribution in [0.4, 0.5) is 0 Å². The Morgan fingerprint density at radius 2 is 2.11 bits per heavy atom. The van der Waals surface area contributed by atoms with Crippen LogP contribution in [-0.2, 0) is 6.42 Å². The molecule has 1 rings (SSSR count). The van der Waals surface area contributed by atoms with Crippen LogP contribution in [0.25, 0.3) is 0 Å². The summed E-state index contributed by atoms with van der Waals surface area (Å²) in [5, 5.41) is 6.71. The van der Waals surface area contributed by atoms with Crippen molar-refractivity contribution in [3.8, 4) is 0 Å². The van der Waals surface area contributed by atoms with E-state index in [4.69, 9.17) is 5.73 Å². The lowest BCUT2D eigenvalue weighted by molar-refractivity contribution is 0.0689. The van der Waals surface area contributed by atoms with Gasteiger partial charge in [-0.15, -0.1) is 5.10 Å². The van der Waals surface area contributed by atoms with Gasteiger partial charge in [-0.25, -0.2) is 4.98 Å². The summed E-state index contributed by atoms with van der Waals surface area (Å²) in [4.78, 5) is 18.1. The van der Waals surface area contributed by atoms with E-state index in [0.717, 1.165) is 12.2 Å². The molecule has 0 aliphatic carbocycles. The fourth-order valence-corrected chi connectivity index (χ4v) is 1.60. The summed E-state index contributed by atoms with van der Waals surface area (Å²) in [6.45, 7) is 9.75. The van der Waals surface area contributed by atoms with Gasteiger partial charge in [0, 0.05) is 19.5 Å². The van der Waals surface area contributed by atoms with Crippen LogP contribution < -0.4 is 5.73 Å². The van der Waals surface area contributed by atoms with Crippen LogP contribution in [-0.4, -0.2) is 45.6 Å². The second-order valence-corrected chi connectivity index (χ2v) is 5.15. The molecule has 6 nitrogen and oxygen atoms in total. The first kappa shape index (κ1) is 14.6. The third-order valence-electron chi connectivity index (χ3n) is 2.90. The van der Waals surface area contributed by atoms with Crippen molar-refractivity contribution in [2.24, 2.45) is 11.1 Å². The number of H-pyrrole nitrogens is 1. The normalized spacial score (nSPS) is 11.6. The van der Waals surface area contributed by atoms with Gasteiger partial charge in [-0.1, -0.05) is 20.8 Å². The van der Waals surface area contributed by atoms with Crippen molar-refractivity contribution in [2.75, 3.05) is 19.6 Å². The smallest absolute Gasteiger partial charge is 0.293 e. The molecule has 1 aromatic rings. The molecule has 0 aliphatic heterocycles. The van der Waals surface area contributed by atoms with Crippen molar-refractivity contribution >= 4 is 5.91 Å². The van der Waals surface area contributed by atoms with Crippen molar-refractivity contribution < 1.29 is 4.79 Å². The Labute approximate surface area is 108 Å². The lowest BCUT2D eigenvalue weighted by Crippen LogP contribution is -2.42. The van der Waals surface area contributed by atoms with E-state index in [2.05, 4.69) is 15.2 Å². The van der Waals surface area contributed by atoms with Crippen molar-refractivity contribution in [3.05, 3.63) is 11.6 Å². The molecular formula is C12H23N5O. The molecule has 0 saturated carbocycles. The molecule has 0 aliphatic rings. The maximum absolute atomic E-state index is 12.2. The zero-order valence-corrected chi connectivity index (χ0v) is 11.7. The number of amides is 1. The fraction of sp³-hybridized carbons (Fsp3) is 0.750. The molecule has 0 fully saturated rings. The van der Waals surface area contributed by atoms with Crippen LogP contribution in [0.1, 0.15) is 44.1 Å². The number of aryl methyl sites for hydroxylation is 1. The maximum Gasteiger partial charge on any atom is 0.293 e. The van der Waals surface area contributed by atoms with Crippen LogP contribution in [0.2, 0.25) is 0 Å². The summed E-state index contributed by atoms with van der Waals surface area (Å²) < 4.78 is 0. The first-order valence-electron chi connectivity index (χ1n) is 6.34. The summed E-state index contributed by atoms with van der Waals surface area (Å²) in [5.74, 6) is 0.823. The highest BCUT2D eigenvalue weighted by atomic mass is 16.2. The first-order valence-corrected chi connectivity index (χ1v) is 6.34. The predicted octanol–water partition coefficient (Wildman–Crippen LogP) is 0.814. The molecule has 18 heavy (non-hydrogen) atoms. The van der Waals surface area contributed by atoms with Crippen LogP contribution in [0.5, 0.6) is 0 Å². The Balaban J connectivity index is 2.79. The molecular weight excluding hydrogens is 230 g/mol. The minimum Gasteiger partial charge on any atom is -0.336 e. The highest BCUT2D eigenvalue weighted by molar-refractivity contribution is 5.90. The Bertz CT molecular complexity index is 399.